The molecule has 3 heterocycles. The van der Waals surface area contributed by atoms with Gasteiger partial charge in [-0.25, -0.2) is 4.98 Å². The molecule has 166 valence electrons. The van der Waals surface area contributed by atoms with Crippen LogP contribution in [0.3, 0.4) is 0 Å². The predicted octanol–water partition coefficient (Wildman–Crippen LogP) is 4.44. The first-order valence-corrected chi connectivity index (χ1v) is 12.5. The van der Waals surface area contributed by atoms with Crippen LogP contribution in [0.4, 0.5) is 10.9 Å². The van der Waals surface area contributed by atoms with Crippen LogP contribution in [-0.4, -0.2) is 63.4 Å². The monoisotopic (exact) mass is 440 g/mol. The van der Waals surface area contributed by atoms with Gasteiger partial charge in [-0.15, -0.1) is 5.10 Å². The third-order valence-corrected chi connectivity index (χ3v) is 7.43. The van der Waals surface area contributed by atoms with Crippen LogP contribution < -0.4 is 10.2 Å². The number of anilines is 2. The molecule has 0 bridgehead atoms. The van der Waals surface area contributed by atoms with Crippen molar-refractivity contribution in [2.45, 2.75) is 51.5 Å². The van der Waals surface area contributed by atoms with Crippen LogP contribution in [0.5, 0.6) is 5.75 Å². The molecule has 2 N–H and O–H groups in total. The minimum atomic E-state index is 0.272. The van der Waals surface area contributed by atoms with Gasteiger partial charge in [0.2, 0.25) is 10.1 Å². The van der Waals surface area contributed by atoms with Gasteiger partial charge < -0.3 is 15.3 Å². The van der Waals surface area contributed by atoms with E-state index in [1.54, 1.807) is 23.5 Å². The molecule has 3 aromatic rings. The lowest BCUT2D eigenvalue weighted by Crippen LogP contribution is -2.46. The van der Waals surface area contributed by atoms with Gasteiger partial charge in [-0.3, -0.25) is 4.90 Å². The third-order valence-electron chi connectivity index (χ3n) is 6.46. The molecular weight excluding hydrogens is 408 g/mol. The van der Waals surface area contributed by atoms with E-state index in [1.165, 1.54) is 45.1 Å². The van der Waals surface area contributed by atoms with Crippen molar-refractivity contribution in [1.29, 1.82) is 0 Å². The number of piperazine rings is 1. The Morgan fingerprint density at radius 2 is 1.81 bits per heavy atom. The molecule has 7 nitrogen and oxygen atoms in total. The second-order valence-electron chi connectivity index (χ2n) is 8.74. The topological polar surface area (TPSA) is 68.9 Å². The van der Waals surface area contributed by atoms with E-state index in [0.29, 0.717) is 6.04 Å². The van der Waals surface area contributed by atoms with E-state index < -0.39 is 0 Å². The number of phenols is 1. The lowest BCUT2D eigenvalue weighted by atomic mass is 9.95. The van der Waals surface area contributed by atoms with E-state index in [-0.39, 0.29) is 5.75 Å². The second-order valence-corrected chi connectivity index (χ2v) is 9.68. The fourth-order valence-electron chi connectivity index (χ4n) is 4.74. The number of fused-ring (bicyclic) bond motifs is 1. The normalized spacial score (nSPS) is 18.7. The Balaban J connectivity index is 1.45. The Hall–Kier alpha value is -2.32. The Labute approximate surface area is 187 Å². The highest BCUT2D eigenvalue weighted by molar-refractivity contribution is 7.20. The maximum atomic E-state index is 9.71. The molecule has 2 aliphatic rings. The standard InChI is InChI=1S/C23H32N6OS/c1-2-12-27-13-15-28(16-14-27)23-26-29-21(24-18-6-4-3-5-7-18)20(25-22(29)31-23)17-8-10-19(30)11-9-17/h8-11,18,24,30H,2-7,12-16H2,1H3. The van der Waals surface area contributed by atoms with Crippen LogP contribution in [0, 0.1) is 0 Å². The number of imidazole rings is 1. The largest absolute Gasteiger partial charge is 0.508 e. The molecule has 1 saturated heterocycles. The highest BCUT2D eigenvalue weighted by Gasteiger charge is 2.25. The second kappa shape index (κ2) is 9.04. The van der Waals surface area contributed by atoms with Crippen LogP contribution in [0.15, 0.2) is 24.3 Å². The van der Waals surface area contributed by atoms with E-state index >= 15 is 0 Å². The smallest absolute Gasteiger partial charge is 0.216 e. The average molecular weight is 441 g/mol. The van der Waals surface area contributed by atoms with Gasteiger partial charge in [0.05, 0.1) is 0 Å². The van der Waals surface area contributed by atoms with E-state index in [0.717, 1.165) is 53.3 Å². The molecule has 1 aliphatic heterocycles. The summed E-state index contributed by atoms with van der Waals surface area (Å²) in [4.78, 5) is 10.8. The molecule has 1 aliphatic carbocycles. The first-order valence-electron chi connectivity index (χ1n) is 11.6. The van der Waals surface area contributed by atoms with Crippen molar-refractivity contribution >= 4 is 27.2 Å². The Morgan fingerprint density at radius 3 is 2.52 bits per heavy atom. The van der Waals surface area contributed by atoms with E-state index in [4.69, 9.17) is 10.1 Å². The summed E-state index contributed by atoms with van der Waals surface area (Å²) in [6.07, 6.45) is 7.48. The van der Waals surface area contributed by atoms with Crippen molar-refractivity contribution in [3.05, 3.63) is 24.3 Å². The zero-order valence-electron chi connectivity index (χ0n) is 18.3. The van der Waals surface area contributed by atoms with Gasteiger partial charge in [-0.2, -0.15) is 4.52 Å². The molecule has 8 heteroatoms. The molecule has 31 heavy (non-hydrogen) atoms. The van der Waals surface area contributed by atoms with E-state index in [9.17, 15) is 5.11 Å². The van der Waals surface area contributed by atoms with Gasteiger partial charge in [0.1, 0.15) is 11.4 Å². The first-order chi connectivity index (χ1) is 15.2. The van der Waals surface area contributed by atoms with Crippen LogP contribution >= 0.6 is 11.3 Å². The average Bonchev–Trinajstić information content (AvgIpc) is 3.35. The molecule has 5 rings (SSSR count). The zero-order valence-corrected chi connectivity index (χ0v) is 19.1. The molecule has 2 aromatic heterocycles. The summed E-state index contributed by atoms with van der Waals surface area (Å²) >= 11 is 1.67. The Kier molecular flexibility index (Phi) is 6.00. The minimum absolute atomic E-state index is 0.272. The molecule has 1 aromatic carbocycles. The third kappa shape index (κ3) is 4.36. The first kappa shape index (κ1) is 20.6. The quantitative estimate of drug-likeness (QED) is 0.591. The molecule has 2 fully saturated rings. The highest BCUT2D eigenvalue weighted by Crippen LogP contribution is 2.35. The number of aromatic hydroxyl groups is 1. The summed E-state index contributed by atoms with van der Waals surface area (Å²) in [5.74, 6) is 1.26. The van der Waals surface area contributed by atoms with Crippen LogP contribution in [0.25, 0.3) is 16.2 Å². The predicted molar refractivity (Wildman–Crippen MR) is 127 cm³/mol. The summed E-state index contributed by atoms with van der Waals surface area (Å²) in [5, 5.41) is 19.5. The minimum Gasteiger partial charge on any atom is -0.508 e. The van der Waals surface area contributed by atoms with Gasteiger partial charge >= 0.3 is 0 Å². The SMILES string of the molecule is CCCN1CCN(c2nn3c(NC4CCCCC4)c(-c4ccc(O)cc4)nc3s2)CC1. The number of rotatable bonds is 6. The lowest BCUT2D eigenvalue weighted by molar-refractivity contribution is 0.258. The maximum absolute atomic E-state index is 9.71. The van der Waals surface area contributed by atoms with Crippen molar-refractivity contribution < 1.29 is 5.11 Å². The van der Waals surface area contributed by atoms with Gasteiger partial charge in [0, 0.05) is 37.8 Å². The van der Waals surface area contributed by atoms with Crippen molar-refractivity contribution in [3.63, 3.8) is 0 Å². The van der Waals surface area contributed by atoms with E-state index in [2.05, 4.69) is 22.0 Å². The highest BCUT2D eigenvalue weighted by atomic mass is 32.1. The van der Waals surface area contributed by atoms with E-state index in [1.807, 2.05) is 16.6 Å². The van der Waals surface area contributed by atoms with Crippen molar-refractivity contribution in [2.75, 3.05) is 42.9 Å². The van der Waals surface area contributed by atoms with Gasteiger partial charge in [0.15, 0.2) is 5.82 Å². The molecule has 0 spiro atoms. The molecule has 0 unspecified atom stereocenters. The lowest BCUT2D eigenvalue weighted by Gasteiger charge is -2.34. The molecule has 0 radical (unpaired) electrons. The Morgan fingerprint density at radius 1 is 1.06 bits per heavy atom. The molecular formula is C23H32N6OS. The van der Waals surface area contributed by atoms with Crippen molar-refractivity contribution in [3.8, 4) is 17.0 Å². The molecule has 0 amide bonds. The summed E-state index contributed by atoms with van der Waals surface area (Å²) in [6.45, 7) is 7.67. The number of hydrogen-bond donors (Lipinski definition) is 2. The molecule has 0 atom stereocenters. The fourth-order valence-corrected chi connectivity index (χ4v) is 5.69. The van der Waals surface area contributed by atoms with Gasteiger partial charge in [-0.1, -0.05) is 37.5 Å². The summed E-state index contributed by atoms with van der Waals surface area (Å²) in [7, 11) is 0. The number of aromatic nitrogens is 3. The summed E-state index contributed by atoms with van der Waals surface area (Å²) in [5.41, 5.74) is 1.92. The number of hydrogen-bond acceptors (Lipinski definition) is 7. The molecule has 1 saturated carbocycles. The Bertz CT molecular complexity index is 999. The van der Waals surface area contributed by atoms with Crippen LogP contribution in [0.2, 0.25) is 0 Å². The summed E-state index contributed by atoms with van der Waals surface area (Å²) < 4.78 is 2.01. The van der Waals surface area contributed by atoms with Crippen molar-refractivity contribution in [2.24, 2.45) is 0 Å². The fraction of sp³-hybridized carbons (Fsp3) is 0.565. The van der Waals surface area contributed by atoms with Gasteiger partial charge in [0.25, 0.3) is 0 Å². The van der Waals surface area contributed by atoms with Crippen LogP contribution in [0.1, 0.15) is 45.4 Å². The van der Waals surface area contributed by atoms with Crippen LogP contribution in [-0.2, 0) is 0 Å². The number of nitrogens with zero attached hydrogens (tertiary/aromatic N) is 5. The summed E-state index contributed by atoms with van der Waals surface area (Å²) in [6, 6.07) is 7.78. The number of benzene rings is 1. The van der Waals surface area contributed by atoms with Crippen molar-refractivity contribution in [1.82, 2.24) is 19.5 Å². The maximum Gasteiger partial charge on any atom is 0.216 e. The van der Waals surface area contributed by atoms with Gasteiger partial charge in [-0.05, 0) is 50.1 Å². The number of nitrogens with one attached hydrogen (secondary N) is 1. The zero-order chi connectivity index (χ0) is 21.2. The number of phenolic OH excluding ortho intramolecular Hbond substituents is 1.